The van der Waals surface area contributed by atoms with Gasteiger partial charge in [0.05, 0.1) is 12.0 Å². The van der Waals surface area contributed by atoms with E-state index < -0.39 is 11.9 Å². The van der Waals surface area contributed by atoms with Crippen LogP contribution in [-0.4, -0.2) is 65.5 Å². The van der Waals surface area contributed by atoms with Gasteiger partial charge in [-0.3, -0.25) is 9.59 Å². The maximum atomic E-state index is 11.8. The molecule has 0 aromatic rings. The van der Waals surface area contributed by atoms with Crippen LogP contribution < -0.4 is 5.32 Å². The maximum absolute atomic E-state index is 11.8. The van der Waals surface area contributed by atoms with Gasteiger partial charge in [-0.1, -0.05) is 0 Å². The number of carboxylic acid groups (broad SMARTS) is 1. The number of likely N-dealkylation sites (tertiary alicyclic amines) is 2. The molecule has 0 bridgehead atoms. The zero-order chi connectivity index (χ0) is 13.3. The molecule has 0 aromatic heterocycles. The molecule has 0 radical (unpaired) electrons. The van der Waals surface area contributed by atoms with Gasteiger partial charge in [0.25, 0.3) is 0 Å². The van der Waals surface area contributed by atoms with E-state index in [0.29, 0.717) is 19.5 Å². The Labute approximate surface area is 105 Å². The summed E-state index contributed by atoms with van der Waals surface area (Å²) in [6.45, 7) is 1.35. The molecule has 2 N–H and O–H groups in total. The summed E-state index contributed by atoms with van der Waals surface area (Å²) in [5.41, 5.74) is 0. The molecule has 2 rings (SSSR count). The summed E-state index contributed by atoms with van der Waals surface area (Å²) in [6.07, 6.45) is 0.789. The van der Waals surface area contributed by atoms with E-state index in [9.17, 15) is 14.4 Å². The molecule has 2 heterocycles. The molecule has 0 aromatic carbocycles. The standard InChI is InChI=1S/C11H17N3O4/c1-12-11(18)13-3-2-8(6-13)14-5-7(10(16)17)4-9(14)15/h7-8H,2-6H2,1H3,(H,12,18)(H,16,17). The predicted octanol–water partition coefficient (Wildman–Crippen LogP) is -0.667. The highest BCUT2D eigenvalue weighted by molar-refractivity contribution is 5.86. The molecule has 2 atom stereocenters. The van der Waals surface area contributed by atoms with Gasteiger partial charge in [0.15, 0.2) is 0 Å². The molecule has 7 nitrogen and oxygen atoms in total. The van der Waals surface area contributed by atoms with Crippen LogP contribution in [0.5, 0.6) is 0 Å². The van der Waals surface area contributed by atoms with Crippen LogP contribution in [-0.2, 0) is 9.59 Å². The second-order valence-electron chi connectivity index (χ2n) is 4.73. The first kappa shape index (κ1) is 12.7. The number of carbonyl (C=O) groups is 3. The number of hydrogen-bond donors (Lipinski definition) is 2. The summed E-state index contributed by atoms with van der Waals surface area (Å²) in [5, 5.41) is 11.5. The minimum Gasteiger partial charge on any atom is -0.481 e. The number of carbonyl (C=O) groups excluding carboxylic acids is 2. The largest absolute Gasteiger partial charge is 0.481 e. The van der Waals surface area contributed by atoms with Crippen LogP contribution in [0.4, 0.5) is 4.79 Å². The fourth-order valence-electron chi connectivity index (χ4n) is 2.59. The number of urea groups is 1. The maximum Gasteiger partial charge on any atom is 0.317 e. The lowest BCUT2D eigenvalue weighted by atomic mass is 10.1. The van der Waals surface area contributed by atoms with Crippen molar-refractivity contribution in [1.82, 2.24) is 15.1 Å². The van der Waals surface area contributed by atoms with E-state index in [1.807, 2.05) is 0 Å². The molecular formula is C11H17N3O4. The topological polar surface area (TPSA) is 90.0 Å². The smallest absolute Gasteiger partial charge is 0.317 e. The van der Waals surface area contributed by atoms with Crippen molar-refractivity contribution in [3.8, 4) is 0 Å². The van der Waals surface area contributed by atoms with Crippen molar-refractivity contribution in [3.63, 3.8) is 0 Å². The molecule has 2 unspecified atom stereocenters. The first-order valence-electron chi connectivity index (χ1n) is 6.02. The summed E-state index contributed by atoms with van der Waals surface area (Å²) >= 11 is 0. The fourth-order valence-corrected chi connectivity index (χ4v) is 2.59. The van der Waals surface area contributed by atoms with Crippen molar-refractivity contribution in [2.75, 3.05) is 26.7 Å². The van der Waals surface area contributed by atoms with Crippen molar-refractivity contribution in [2.45, 2.75) is 18.9 Å². The third kappa shape index (κ3) is 2.25. The molecule has 2 saturated heterocycles. The van der Waals surface area contributed by atoms with E-state index in [0.717, 1.165) is 0 Å². The number of nitrogens with one attached hydrogen (secondary N) is 1. The molecule has 18 heavy (non-hydrogen) atoms. The van der Waals surface area contributed by atoms with E-state index in [1.165, 1.54) is 0 Å². The van der Waals surface area contributed by atoms with Gasteiger partial charge in [0.2, 0.25) is 5.91 Å². The van der Waals surface area contributed by atoms with Crippen molar-refractivity contribution in [3.05, 3.63) is 0 Å². The van der Waals surface area contributed by atoms with Gasteiger partial charge in [0.1, 0.15) is 0 Å². The number of rotatable bonds is 2. The van der Waals surface area contributed by atoms with E-state index in [2.05, 4.69) is 5.32 Å². The molecule has 7 heteroatoms. The quantitative estimate of drug-likeness (QED) is 0.685. The van der Waals surface area contributed by atoms with Gasteiger partial charge in [-0.25, -0.2) is 4.79 Å². The summed E-state index contributed by atoms with van der Waals surface area (Å²) in [5.74, 6) is -1.65. The highest BCUT2D eigenvalue weighted by atomic mass is 16.4. The molecule has 0 saturated carbocycles. The number of hydrogen-bond acceptors (Lipinski definition) is 3. The molecule has 2 fully saturated rings. The van der Waals surface area contributed by atoms with Crippen LogP contribution in [0.2, 0.25) is 0 Å². The zero-order valence-corrected chi connectivity index (χ0v) is 10.3. The van der Waals surface area contributed by atoms with Gasteiger partial charge in [-0.05, 0) is 6.42 Å². The van der Waals surface area contributed by atoms with Gasteiger partial charge in [-0.2, -0.15) is 0 Å². The normalized spacial score (nSPS) is 27.7. The number of amides is 3. The third-order valence-electron chi connectivity index (χ3n) is 3.61. The van der Waals surface area contributed by atoms with Crippen LogP contribution in [0, 0.1) is 5.92 Å². The van der Waals surface area contributed by atoms with Crippen molar-refractivity contribution in [2.24, 2.45) is 5.92 Å². The Bertz CT molecular complexity index is 384. The van der Waals surface area contributed by atoms with E-state index >= 15 is 0 Å². The summed E-state index contributed by atoms with van der Waals surface area (Å²) in [7, 11) is 1.57. The lowest BCUT2D eigenvalue weighted by molar-refractivity contribution is -0.141. The predicted molar refractivity (Wildman–Crippen MR) is 61.9 cm³/mol. The lowest BCUT2D eigenvalue weighted by Crippen LogP contribution is -2.42. The fraction of sp³-hybridized carbons (Fsp3) is 0.727. The number of nitrogens with zero attached hydrogens (tertiary/aromatic N) is 2. The van der Waals surface area contributed by atoms with Gasteiger partial charge < -0.3 is 20.2 Å². The van der Waals surface area contributed by atoms with Crippen LogP contribution in [0.3, 0.4) is 0 Å². The zero-order valence-electron chi connectivity index (χ0n) is 10.3. The summed E-state index contributed by atoms with van der Waals surface area (Å²) < 4.78 is 0. The van der Waals surface area contributed by atoms with Gasteiger partial charge >= 0.3 is 12.0 Å². The second-order valence-corrected chi connectivity index (χ2v) is 4.73. The lowest BCUT2D eigenvalue weighted by Gasteiger charge is -2.24. The van der Waals surface area contributed by atoms with Gasteiger partial charge in [-0.15, -0.1) is 0 Å². The Kier molecular flexibility index (Phi) is 3.40. The van der Waals surface area contributed by atoms with Crippen molar-refractivity contribution >= 4 is 17.9 Å². The number of aliphatic carboxylic acids is 1. The third-order valence-corrected chi connectivity index (χ3v) is 3.61. The molecule has 0 aliphatic carbocycles. The molecule has 3 amide bonds. The van der Waals surface area contributed by atoms with E-state index in [4.69, 9.17) is 5.11 Å². The SMILES string of the molecule is CNC(=O)N1CCC(N2CC(C(=O)O)CC2=O)C1. The van der Waals surface area contributed by atoms with Crippen LogP contribution in [0.25, 0.3) is 0 Å². The first-order valence-corrected chi connectivity index (χ1v) is 6.02. The van der Waals surface area contributed by atoms with Crippen LogP contribution in [0.1, 0.15) is 12.8 Å². The highest BCUT2D eigenvalue weighted by Gasteiger charge is 2.40. The highest BCUT2D eigenvalue weighted by Crippen LogP contribution is 2.25. The molecule has 2 aliphatic rings. The number of carboxylic acids is 1. The monoisotopic (exact) mass is 255 g/mol. The van der Waals surface area contributed by atoms with Crippen LogP contribution >= 0.6 is 0 Å². The molecule has 0 spiro atoms. The average Bonchev–Trinajstić information content (AvgIpc) is 2.94. The average molecular weight is 255 g/mol. The Morgan fingerprint density at radius 2 is 2.11 bits per heavy atom. The molecule has 2 aliphatic heterocycles. The molecule has 100 valence electrons. The molecular weight excluding hydrogens is 238 g/mol. The van der Waals surface area contributed by atoms with Crippen molar-refractivity contribution < 1.29 is 19.5 Å². The van der Waals surface area contributed by atoms with E-state index in [1.54, 1.807) is 16.8 Å². The first-order chi connectivity index (χ1) is 8.52. The summed E-state index contributed by atoms with van der Waals surface area (Å²) in [6, 6.07) is -0.196. The minimum atomic E-state index is -0.924. The van der Waals surface area contributed by atoms with Crippen molar-refractivity contribution in [1.29, 1.82) is 0 Å². The minimum absolute atomic E-state index is 0.0425. The summed E-state index contributed by atoms with van der Waals surface area (Å²) in [4.78, 5) is 37.3. The van der Waals surface area contributed by atoms with Crippen LogP contribution in [0.15, 0.2) is 0 Å². The van der Waals surface area contributed by atoms with Gasteiger partial charge in [0, 0.05) is 33.1 Å². The second kappa shape index (κ2) is 4.83. The van der Waals surface area contributed by atoms with E-state index in [-0.39, 0.29) is 30.9 Å². The Balaban J connectivity index is 1.96. The Hall–Kier alpha value is -1.79. The Morgan fingerprint density at radius 3 is 2.67 bits per heavy atom. The Morgan fingerprint density at radius 1 is 1.39 bits per heavy atom.